The van der Waals surface area contributed by atoms with Gasteiger partial charge in [-0.15, -0.1) is 0 Å². The summed E-state index contributed by atoms with van der Waals surface area (Å²) >= 11 is 0. The number of hydrogen-bond acceptors (Lipinski definition) is 3. The van der Waals surface area contributed by atoms with E-state index in [1.807, 2.05) is 6.07 Å². The van der Waals surface area contributed by atoms with Crippen LogP contribution in [0.15, 0.2) is 35.1 Å². The minimum absolute atomic E-state index is 0.184. The fourth-order valence-corrected chi connectivity index (χ4v) is 2.89. The molecule has 116 valence electrons. The highest BCUT2D eigenvalue weighted by atomic mass is 19.1. The van der Waals surface area contributed by atoms with Gasteiger partial charge in [-0.1, -0.05) is 24.2 Å². The number of nitrogens with one attached hydrogen (secondary N) is 2. The first-order valence-electron chi connectivity index (χ1n) is 7.36. The van der Waals surface area contributed by atoms with E-state index in [0.717, 1.165) is 12.0 Å². The predicted molar refractivity (Wildman–Crippen MR) is 78.5 cm³/mol. The van der Waals surface area contributed by atoms with Gasteiger partial charge in [-0.05, 0) is 36.0 Å². The molecule has 0 saturated carbocycles. The number of nitrogens with zero attached hydrogens (tertiary/aromatic N) is 1. The van der Waals surface area contributed by atoms with Crippen LogP contribution in [0.3, 0.4) is 0 Å². The van der Waals surface area contributed by atoms with E-state index in [2.05, 4.69) is 22.7 Å². The van der Waals surface area contributed by atoms with Crippen molar-refractivity contribution in [2.24, 2.45) is 5.92 Å². The van der Waals surface area contributed by atoms with Gasteiger partial charge >= 0.3 is 6.03 Å². The van der Waals surface area contributed by atoms with E-state index in [1.54, 1.807) is 12.1 Å². The van der Waals surface area contributed by atoms with Crippen LogP contribution >= 0.6 is 0 Å². The minimum Gasteiger partial charge on any atom is -0.364 e. The predicted octanol–water partition coefficient (Wildman–Crippen LogP) is 2.94. The number of carbonyl (C=O) groups is 1. The summed E-state index contributed by atoms with van der Waals surface area (Å²) < 4.78 is 18.6. The second-order valence-electron chi connectivity index (χ2n) is 5.62. The van der Waals surface area contributed by atoms with Crippen molar-refractivity contribution in [3.63, 3.8) is 0 Å². The lowest BCUT2D eigenvalue weighted by atomic mass is 9.80. The molecule has 2 N–H and O–H groups in total. The van der Waals surface area contributed by atoms with Crippen LogP contribution in [0.2, 0.25) is 0 Å². The van der Waals surface area contributed by atoms with Crippen molar-refractivity contribution in [1.29, 1.82) is 0 Å². The zero-order valence-electron chi connectivity index (χ0n) is 12.3. The van der Waals surface area contributed by atoms with Crippen LogP contribution in [-0.4, -0.2) is 11.2 Å². The second-order valence-corrected chi connectivity index (χ2v) is 5.62. The molecular formula is C16H18FN3O2. The van der Waals surface area contributed by atoms with Gasteiger partial charge < -0.3 is 15.2 Å². The topological polar surface area (TPSA) is 67.2 Å². The Kier molecular flexibility index (Phi) is 4.09. The Morgan fingerprint density at radius 3 is 3.09 bits per heavy atom. The van der Waals surface area contributed by atoms with Crippen LogP contribution in [-0.2, 0) is 13.0 Å². The normalized spacial score (nSPS) is 20.3. The van der Waals surface area contributed by atoms with Gasteiger partial charge in [0.2, 0.25) is 0 Å². The van der Waals surface area contributed by atoms with Gasteiger partial charge in [0.05, 0.1) is 12.6 Å². The molecule has 1 aromatic heterocycles. The molecule has 1 aromatic carbocycles. The smallest absolute Gasteiger partial charge is 0.315 e. The summed E-state index contributed by atoms with van der Waals surface area (Å²) in [7, 11) is 0. The minimum atomic E-state index is -0.294. The Hall–Kier alpha value is -2.37. The third-order valence-corrected chi connectivity index (χ3v) is 4.12. The van der Waals surface area contributed by atoms with Crippen LogP contribution in [0.5, 0.6) is 0 Å². The largest absolute Gasteiger partial charge is 0.364 e. The molecule has 0 spiro atoms. The number of carbonyl (C=O) groups excluding carboxylic acids is 1. The average molecular weight is 303 g/mol. The molecule has 2 amide bonds. The average Bonchev–Trinajstić information content (AvgIpc) is 3.02. The standard InChI is InChI=1S/C16H18FN3O2/c1-10-5-6-12-13(3-2-4-14(12)17)15(10)19-16(21)18-9-11-7-8-22-20-11/h2-4,7-8,10,15H,5-6,9H2,1H3,(H2,18,19,21). The summed E-state index contributed by atoms with van der Waals surface area (Å²) in [6, 6.07) is 6.25. The lowest BCUT2D eigenvalue weighted by molar-refractivity contribution is 0.228. The Balaban J connectivity index is 1.69. The number of urea groups is 1. The van der Waals surface area contributed by atoms with Crippen LogP contribution in [0.1, 0.15) is 36.2 Å². The molecule has 0 aliphatic heterocycles. The molecule has 5 nitrogen and oxygen atoms in total. The lowest BCUT2D eigenvalue weighted by Gasteiger charge is -2.32. The SMILES string of the molecule is CC1CCc2c(F)cccc2C1NC(=O)NCc1ccon1. The van der Waals surface area contributed by atoms with E-state index >= 15 is 0 Å². The molecule has 1 aliphatic rings. The van der Waals surface area contributed by atoms with E-state index in [-0.39, 0.29) is 23.8 Å². The molecule has 3 rings (SSSR count). The van der Waals surface area contributed by atoms with E-state index in [1.165, 1.54) is 12.3 Å². The van der Waals surface area contributed by atoms with E-state index in [9.17, 15) is 9.18 Å². The molecule has 1 heterocycles. The van der Waals surface area contributed by atoms with Gasteiger partial charge in [-0.3, -0.25) is 0 Å². The molecule has 0 fully saturated rings. The third kappa shape index (κ3) is 2.95. The maximum Gasteiger partial charge on any atom is 0.315 e. The molecule has 2 aromatic rings. The zero-order chi connectivity index (χ0) is 15.5. The van der Waals surface area contributed by atoms with E-state index in [0.29, 0.717) is 24.2 Å². The van der Waals surface area contributed by atoms with Crippen molar-refractivity contribution in [2.75, 3.05) is 0 Å². The Bertz CT molecular complexity index is 657. The summed E-state index contributed by atoms with van der Waals surface area (Å²) in [6.07, 6.45) is 3.02. The summed E-state index contributed by atoms with van der Waals surface area (Å²) in [6.45, 7) is 2.36. The summed E-state index contributed by atoms with van der Waals surface area (Å²) in [5.74, 6) is 0.0614. The fourth-order valence-electron chi connectivity index (χ4n) is 2.89. The molecule has 0 radical (unpaired) electrons. The van der Waals surface area contributed by atoms with Crippen LogP contribution in [0, 0.1) is 11.7 Å². The molecule has 2 unspecified atom stereocenters. The number of halogens is 1. The monoisotopic (exact) mass is 303 g/mol. The number of aromatic nitrogens is 1. The molecule has 0 bridgehead atoms. The number of hydrogen-bond donors (Lipinski definition) is 2. The first kappa shape index (κ1) is 14.6. The molecule has 2 atom stereocenters. The first-order chi connectivity index (χ1) is 10.6. The van der Waals surface area contributed by atoms with Crippen molar-refractivity contribution >= 4 is 6.03 Å². The Labute approximate surface area is 127 Å². The van der Waals surface area contributed by atoms with Gasteiger partial charge in [0, 0.05) is 6.07 Å². The molecule has 0 saturated heterocycles. The lowest BCUT2D eigenvalue weighted by Crippen LogP contribution is -2.41. The zero-order valence-corrected chi connectivity index (χ0v) is 12.3. The van der Waals surface area contributed by atoms with Gasteiger partial charge in [-0.25, -0.2) is 9.18 Å². The molecule has 1 aliphatic carbocycles. The van der Waals surface area contributed by atoms with Crippen molar-refractivity contribution in [3.8, 4) is 0 Å². The van der Waals surface area contributed by atoms with Gasteiger partial charge in [0.1, 0.15) is 17.8 Å². The first-order valence-corrected chi connectivity index (χ1v) is 7.36. The van der Waals surface area contributed by atoms with Crippen LogP contribution in [0.4, 0.5) is 9.18 Å². The number of benzene rings is 1. The summed E-state index contributed by atoms with van der Waals surface area (Å²) in [5, 5.41) is 9.40. The number of amides is 2. The van der Waals surface area contributed by atoms with Crippen molar-refractivity contribution in [3.05, 3.63) is 53.2 Å². The molecule has 22 heavy (non-hydrogen) atoms. The van der Waals surface area contributed by atoms with Crippen LogP contribution < -0.4 is 10.6 Å². The third-order valence-electron chi connectivity index (χ3n) is 4.12. The summed E-state index contributed by atoms with van der Waals surface area (Å²) in [5.41, 5.74) is 2.23. The van der Waals surface area contributed by atoms with E-state index in [4.69, 9.17) is 4.52 Å². The summed E-state index contributed by atoms with van der Waals surface area (Å²) in [4.78, 5) is 12.1. The highest BCUT2D eigenvalue weighted by Crippen LogP contribution is 2.35. The number of rotatable bonds is 3. The Morgan fingerprint density at radius 2 is 2.32 bits per heavy atom. The second kappa shape index (κ2) is 6.17. The maximum atomic E-state index is 13.9. The van der Waals surface area contributed by atoms with Crippen molar-refractivity contribution < 1.29 is 13.7 Å². The van der Waals surface area contributed by atoms with Crippen molar-refractivity contribution in [1.82, 2.24) is 15.8 Å². The van der Waals surface area contributed by atoms with Gasteiger partial charge in [0.25, 0.3) is 0 Å². The van der Waals surface area contributed by atoms with Crippen molar-refractivity contribution in [2.45, 2.75) is 32.4 Å². The van der Waals surface area contributed by atoms with Gasteiger partial charge in [-0.2, -0.15) is 0 Å². The highest BCUT2D eigenvalue weighted by molar-refractivity contribution is 5.74. The molecular weight excluding hydrogens is 285 g/mol. The maximum absolute atomic E-state index is 13.9. The molecule has 6 heteroatoms. The van der Waals surface area contributed by atoms with Gasteiger partial charge in [0.15, 0.2) is 0 Å². The quantitative estimate of drug-likeness (QED) is 0.916. The number of fused-ring (bicyclic) bond motifs is 1. The van der Waals surface area contributed by atoms with Crippen LogP contribution in [0.25, 0.3) is 0 Å². The van der Waals surface area contributed by atoms with E-state index < -0.39 is 0 Å². The highest BCUT2D eigenvalue weighted by Gasteiger charge is 2.29. The Morgan fingerprint density at radius 1 is 1.45 bits per heavy atom. The fraction of sp³-hybridized carbons (Fsp3) is 0.375.